The van der Waals surface area contributed by atoms with Crippen LogP contribution in [0.3, 0.4) is 0 Å². The molecule has 6 heteroatoms. The van der Waals surface area contributed by atoms with Crippen molar-refractivity contribution in [2.24, 2.45) is 4.99 Å². The van der Waals surface area contributed by atoms with Gasteiger partial charge >= 0.3 is 6.09 Å². The molecule has 0 radical (unpaired) electrons. The van der Waals surface area contributed by atoms with Crippen LogP contribution in [-0.2, 0) is 9.53 Å². The zero-order valence-electron chi connectivity index (χ0n) is 10.0. The third-order valence-corrected chi connectivity index (χ3v) is 3.31. The number of carbonyl (C=O) groups excluding carboxylic acids is 2. The van der Waals surface area contributed by atoms with Gasteiger partial charge in [0.2, 0.25) is 5.91 Å². The van der Waals surface area contributed by atoms with Gasteiger partial charge < -0.3 is 4.74 Å². The summed E-state index contributed by atoms with van der Waals surface area (Å²) in [5, 5.41) is 0.359. The summed E-state index contributed by atoms with van der Waals surface area (Å²) in [5.41, 5.74) is 1.75. The van der Waals surface area contributed by atoms with E-state index in [0.717, 1.165) is 5.56 Å². The van der Waals surface area contributed by atoms with E-state index in [1.807, 2.05) is 31.2 Å². The Kier molecular flexibility index (Phi) is 3.66. The monoisotopic (exact) mass is 264 g/mol. The first-order valence-electron chi connectivity index (χ1n) is 5.31. The van der Waals surface area contributed by atoms with Crippen LogP contribution in [0.1, 0.15) is 5.56 Å². The number of amidine groups is 1. The molecule has 2 amide bonds. The molecule has 0 atom stereocenters. The van der Waals surface area contributed by atoms with Gasteiger partial charge in [0.1, 0.15) is 0 Å². The average molecular weight is 264 g/mol. The van der Waals surface area contributed by atoms with Crippen molar-refractivity contribution in [3.05, 3.63) is 29.8 Å². The summed E-state index contributed by atoms with van der Waals surface area (Å²) < 4.78 is 4.48. The molecule has 2 rings (SSSR count). The quantitative estimate of drug-likeness (QED) is 0.780. The number of nitrogens with zero attached hydrogens (tertiary/aromatic N) is 2. The minimum Gasteiger partial charge on any atom is -0.451 e. The SMILES string of the molecule is COC(=O)N=C1SCC(=O)N1c1cccc(C)c1. The van der Waals surface area contributed by atoms with Crippen molar-refractivity contribution in [3.8, 4) is 0 Å². The summed E-state index contributed by atoms with van der Waals surface area (Å²) in [6, 6.07) is 7.48. The molecule has 0 aromatic heterocycles. The number of thioether (sulfide) groups is 1. The highest BCUT2D eigenvalue weighted by molar-refractivity contribution is 8.15. The molecule has 1 aromatic rings. The summed E-state index contributed by atoms with van der Waals surface area (Å²) in [6.07, 6.45) is -0.704. The Hall–Kier alpha value is -1.82. The molecule has 0 N–H and O–H groups in total. The van der Waals surface area contributed by atoms with Crippen LogP contribution in [0.4, 0.5) is 10.5 Å². The van der Waals surface area contributed by atoms with E-state index in [9.17, 15) is 9.59 Å². The number of ether oxygens (including phenoxy) is 1. The summed E-state index contributed by atoms with van der Waals surface area (Å²) in [4.78, 5) is 28.2. The van der Waals surface area contributed by atoms with E-state index in [0.29, 0.717) is 10.9 Å². The van der Waals surface area contributed by atoms with E-state index in [1.54, 1.807) is 0 Å². The van der Waals surface area contributed by atoms with Crippen LogP contribution in [0, 0.1) is 6.92 Å². The van der Waals surface area contributed by atoms with Gasteiger partial charge in [0.05, 0.1) is 18.6 Å². The summed E-state index contributed by atoms with van der Waals surface area (Å²) in [5.74, 6) is 0.192. The number of benzene rings is 1. The number of aliphatic imine (C=N–C) groups is 1. The number of anilines is 1. The van der Waals surface area contributed by atoms with Gasteiger partial charge in [-0.15, -0.1) is 0 Å². The van der Waals surface area contributed by atoms with Gasteiger partial charge in [-0.2, -0.15) is 4.99 Å². The number of hydrogen-bond donors (Lipinski definition) is 0. The third-order valence-electron chi connectivity index (χ3n) is 2.39. The van der Waals surface area contributed by atoms with Crippen molar-refractivity contribution in [3.63, 3.8) is 0 Å². The van der Waals surface area contributed by atoms with Crippen LogP contribution in [0.15, 0.2) is 29.3 Å². The largest absolute Gasteiger partial charge is 0.451 e. The van der Waals surface area contributed by atoms with Crippen molar-refractivity contribution in [1.82, 2.24) is 0 Å². The van der Waals surface area contributed by atoms with Crippen LogP contribution in [0.25, 0.3) is 0 Å². The van der Waals surface area contributed by atoms with E-state index < -0.39 is 6.09 Å². The standard InChI is InChI=1S/C12H12N2O3S/c1-8-4-3-5-9(6-8)14-10(15)7-18-11(14)13-12(16)17-2/h3-6H,7H2,1-2H3. The van der Waals surface area contributed by atoms with Crippen LogP contribution >= 0.6 is 11.8 Å². The first kappa shape index (κ1) is 12.6. The highest BCUT2D eigenvalue weighted by Gasteiger charge is 2.30. The Morgan fingerprint density at radius 3 is 2.94 bits per heavy atom. The van der Waals surface area contributed by atoms with Crippen molar-refractivity contribution >= 4 is 34.6 Å². The molecule has 0 bridgehead atoms. The Morgan fingerprint density at radius 1 is 1.50 bits per heavy atom. The normalized spacial score (nSPS) is 17.3. The number of amides is 2. The van der Waals surface area contributed by atoms with Crippen molar-refractivity contribution in [1.29, 1.82) is 0 Å². The molecule has 18 heavy (non-hydrogen) atoms. The van der Waals surface area contributed by atoms with Crippen molar-refractivity contribution in [2.45, 2.75) is 6.92 Å². The van der Waals surface area contributed by atoms with Crippen LogP contribution in [-0.4, -0.2) is 30.0 Å². The molecule has 5 nitrogen and oxygen atoms in total. The number of methoxy groups -OCH3 is 1. The Morgan fingerprint density at radius 2 is 2.28 bits per heavy atom. The maximum absolute atomic E-state index is 11.8. The molecular weight excluding hydrogens is 252 g/mol. The fraction of sp³-hybridized carbons (Fsp3) is 0.250. The second-order valence-corrected chi connectivity index (χ2v) is 4.66. The molecule has 0 aliphatic carbocycles. The summed E-state index contributed by atoms with van der Waals surface area (Å²) in [6.45, 7) is 1.94. The molecule has 1 aromatic carbocycles. The van der Waals surface area contributed by atoms with Gasteiger partial charge in [0.25, 0.3) is 0 Å². The third kappa shape index (κ3) is 2.53. The van der Waals surface area contributed by atoms with Gasteiger partial charge in [-0.25, -0.2) is 4.79 Å². The summed E-state index contributed by atoms with van der Waals surface area (Å²) in [7, 11) is 1.25. The van der Waals surface area contributed by atoms with Crippen LogP contribution in [0.5, 0.6) is 0 Å². The molecular formula is C12H12N2O3S. The zero-order valence-corrected chi connectivity index (χ0v) is 10.9. The molecule has 0 saturated carbocycles. The lowest BCUT2D eigenvalue weighted by Gasteiger charge is -2.15. The molecule has 0 unspecified atom stereocenters. The number of rotatable bonds is 1. The van der Waals surface area contributed by atoms with Crippen molar-refractivity contribution in [2.75, 3.05) is 17.8 Å². The summed E-state index contributed by atoms with van der Waals surface area (Å²) >= 11 is 1.23. The highest BCUT2D eigenvalue weighted by Crippen LogP contribution is 2.27. The molecule has 1 heterocycles. The van der Waals surface area contributed by atoms with Crippen molar-refractivity contribution < 1.29 is 14.3 Å². The molecule has 94 valence electrons. The second-order valence-electron chi connectivity index (χ2n) is 3.72. The van der Waals surface area contributed by atoms with Gasteiger partial charge in [-0.3, -0.25) is 9.69 Å². The minimum atomic E-state index is -0.704. The predicted octanol–water partition coefficient (Wildman–Crippen LogP) is 2.20. The fourth-order valence-corrected chi connectivity index (χ4v) is 2.45. The zero-order chi connectivity index (χ0) is 13.1. The minimum absolute atomic E-state index is 0.0896. The van der Waals surface area contributed by atoms with E-state index in [4.69, 9.17) is 0 Å². The molecule has 1 fully saturated rings. The topological polar surface area (TPSA) is 59.0 Å². The smallest absolute Gasteiger partial charge is 0.435 e. The lowest BCUT2D eigenvalue weighted by atomic mass is 10.2. The molecule has 1 aliphatic heterocycles. The first-order valence-corrected chi connectivity index (χ1v) is 6.29. The van der Waals surface area contributed by atoms with E-state index >= 15 is 0 Å². The number of aryl methyl sites for hydroxylation is 1. The fourth-order valence-electron chi connectivity index (χ4n) is 1.59. The lowest BCUT2D eigenvalue weighted by Crippen LogP contribution is -2.29. The highest BCUT2D eigenvalue weighted by atomic mass is 32.2. The lowest BCUT2D eigenvalue weighted by molar-refractivity contribution is -0.115. The number of hydrogen-bond acceptors (Lipinski definition) is 4. The Bertz CT molecular complexity index is 528. The van der Waals surface area contributed by atoms with E-state index in [1.165, 1.54) is 23.8 Å². The van der Waals surface area contributed by atoms with E-state index in [2.05, 4.69) is 9.73 Å². The van der Waals surface area contributed by atoms with Crippen LogP contribution < -0.4 is 4.90 Å². The average Bonchev–Trinajstić information content (AvgIpc) is 2.70. The predicted molar refractivity (Wildman–Crippen MR) is 71.0 cm³/mol. The van der Waals surface area contributed by atoms with E-state index in [-0.39, 0.29) is 11.7 Å². The van der Waals surface area contributed by atoms with Crippen LogP contribution in [0.2, 0.25) is 0 Å². The Balaban J connectivity index is 2.37. The molecule has 0 spiro atoms. The van der Waals surface area contributed by atoms with Gasteiger partial charge in [-0.1, -0.05) is 23.9 Å². The maximum Gasteiger partial charge on any atom is 0.435 e. The van der Waals surface area contributed by atoms with Gasteiger partial charge in [0.15, 0.2) is 5.17 Å². The maximum atomic E-state index is 11.8. The molecule has 1 saturated heterocycles. The van der Waals surface area contributed by atoms with Gasteiger partial charge in [0, 0.05) is 0 Å². The van der Waals surface area contributed by atoms with Gasteiger partial charge in [-0.05, 0) is 24.6 Å². The first-order chi connectivity index (χ1) is 8.61. The second kappa shape index (κ2) is 5.22. The molecule has 1 aliphatic rings. The Labute approximate surface area is 109 Å². The number of carbonyl (C=O) groups is 2.